The highest BCUT2D eigenvalue weighted by Crippen LogP contribution is 2.31. The number of benzene rings is 4. The lowest BCUT2D eigenvalue weighted by atomic mass is 10.0. The molecule has 0 aliphatic carbocycles. The lowest BCUT2D eigenvalue weighted by Gasteiger charge is -2.36. The summed E-state index contributed by atoms with van der Waals surface area (Å²) in [5.41, 5.74) is 5.07. The third kappa shape index (κ3) is 15.2. The number of amides is 5. The number of carbonyl (C=O) groups excluding carboxylic acids is 5. The number of piperidine rings is 2. The lowest BCUT2D eigenvalue weighted by Crippen LogP contribution is -2.52. The number of aromatic amines is 1. The number of hydrogen-bond donors (Lipinski definition) is 6. The number of nitrogens with one attached hydrogen (secondary N) is 6. The second-order valence-electron chi connectivity index (χ2n) is 21.2. The van der Waals surface area contributed by atoms with Gasteiger partial charge in [-0.15, -0.1) is 10.0 Å². The minimum absolute atomic E-state index is 0.00464. The zero-order valence-electron chi connectivity index (χ0n) is 45.2. The van der Waals surface area contributed by atoms with Crippen LogP contribution in [0.4, 0.5) is 37.3 Å². The SMILES string of the molecule is CN1CCN(c2ccc(C(=O)Nc3n[nH]c4ccc(Cc5cc(F)cc(F)c5)cc34)c(NC3CCCN(C(=O)CCCCCCCCCCCn4cc(CNc5cccc(N=O)c5C(=O)NC5CCC(=O)NC5=O)nn4)C3)c2)CC1. The van der Waals surface area contributed by atoms with Crippen LogP contribution in [0.25, 0.3) is 10.9 Å². The molecule has 3 aliphatic heterocycles. The molecule has 4 aromatic carbocycles. The van der Waals surface area contributed by atoms with Crippen LogP contribution in [0.1, 0.15) is 127 Å². The molecule has 9 rings (SSSR count). The van der Waals surface area contributed by atoms with Crippen molar-refractivity contribution in [1.82, 2.24) is 45.6 Å². The first-order valence-electron chi connectivity index (χ1n) is 27.9. The van der Waals surface area contributed by atoms with Crippen LogP contribution in [0.2, 0.25) is 0 Å². The van der Waals surface area contributed by atoms with Crippen molar-refractivity contribution >= 4 is 69.0 Å². The van der Waals surface area contributed by atoms with Gasteiger partial charge in [-0.25, -0.2) is 8.78 Å². The maximum Gasteiger partial charge on any atom is 0.258 e. The van der Waals surface area contributed by atoms with E-state index in [0.29, 0.717) is 77.4 Å². The number of imide groups is 1. The largest absolute Gasteiger partial charge is 0.380 e. The number of aromatic nitrogens is 5. The molecule has 2 aromatic heterocycles. The normalized spacial score (nSPS) is 16.8. The van der Waals surface area contributed by atoms with Crippen molar-refractivity contribution in [2.24, 2.45) is 5.18 Å². The molecule has 20 nitrogen and oxygen atoms in total. The summed E-state index contributed by atoms with van der Waals surface area (Å²) in [6.45, 7) is 5.78. The smallest absolute Gasteiger partial charge is 0.258 e. The van der Waals surface area contributed by atoms with E-state index < -0.39 is 35.4 Å². The fraction of sp³-hybridized carbons (Fsp3) is 0.448. The Hall–Kier alpha value is -8.14. The van der Waals surface area contributed by atoms with Crippen LogP contribution in [-0.4, -0.2) is 123 Å². The molecule has 80 heavy (non-hydrogen) atoms. The molecule has 2 atom stereocenters. The van der Waals surface area contributed by atoms with E-state index in [4.69, 9.17) is 0 Å². The molecule has 2 unspecified atom stereocenters. The first kappa shape index (κ1) is 56.6. The predicted octanol–water partition coefficient (Wildman–Crippen LogP) is 8.58. The van der Waals surface area contributed by atoms with Gasteiger partial charge in [-0.1, -0.05) is 62.3 Å². The number of nitroso groups, excluding NO2 is 1. The number of rotatable bonds is 25. The van der Waals surface area contributed by atoms with E-state index in [1.807, 2.05) is 47.5 Å². The molecule has 6 N–H and O–H groups in total. The fourth-order valence-corrected chi connectivity index (χ4v) is 10.8. The van der Waals surface area contributed by atoms with E-state index in [-0.39, 0.29) is 48.5 Å². The number of piperazine rings is 1. The van der Waals surface area contributed by atoms with Crippen LogP contribution in [0.3, 0.4) is 0 Å². The van der Waals surface area contributed by atoms with Crippen LogP contribution < -0.4 is 31.5 Å². The number of carbonyl (C=O) groups is 5. The van der Waals surface area contributed by atoms with Gasteiger partial charge in [-0.2, -0.15) is 5.10 Å². The van der Waals surface area contributed by atoms with Gasteiger partial charge in [0, 0.05) is 93.2 Å². The number of likely N-dealkylation sites (tertiary alicyclic amines) is 1. The molecule has 3 fully saturated rings. The second kappa shape index (κ2) is 27.2. The first-order valence-corrected chi connectivity index (χ1v) is 27.9. The standard InChI is InChI=1S/C58H70F2N14O6/c1-71-25-27-72(28-26-71)44-18-19-45(56(77)65-55-46-32-38(17-20-47(46)67-68-55)29-39-30-40(59)33-41(60)31-39)51(34-44)62-42-13-12-23-73(36-42)53(76)16-9-7-5-3-2-4-6-8-10-24-74-37-43(66-70-74)35-61-48-14-11-15-49(69-80)54(48)58(79)63-50-21-22-52(75)64-57(50)78/h11,14-15,17-20,30-34,37,42,50,61-62H,2-10,12-13,16,21-29,35-36H2,1H3,(H,63,79)(H,64,75,78)(H2,65,67,68,77). The average Bonchev–Trinajstić information content (AvgIpc) is 4.12. The van der Waals surface area contributed by atoms with Crippen LogP contribution in [0, 0.1) is 16.5 Å². The molecule has 6 aromatic rings. The molecule has 5 heterocycles. The summed E-state index contributed by atoms with van der Waals surface area (Å²) in [5.74, 6) is -2.76. The van der Waals surface area contributed by atoms with Crippen molar-refractivity contribution in [1.29, 1.82) is 0 Å². The maximum absolute atomic E-state index is 14.2. The highest BCUT2D eigenvalue weighted by molar-refractivity contribution is 6.11. The molecule has 0 radical (unpaired) electrons. The minimum Gasteiger partial charge on any atom is -0.380 e. The van der Waals surface area contributed by atoms with E-state index in [9.17, 15) is 37.7 Å². The van der Waals surface area contributed by atoms with E-state index in [1.54, 1.807) is 16.8 Å². The number of likely N-dealkylation sites (N-methyl/N-ethyl adjacent to an activating group) is 1. The molecule has 3 aliphatic rings. The number of hydrogen-bond acceptors (Lipinski definition) is 14. The van der Waals surface area contributed by atoms with Crippen molar-refractivity contribution in [3.05, 3.63) is 123 Å². The second-order valence-corrected chi connectivity index (χ2v) is 21.2. The quantitative estimate of drug-likeness (QED) is 0.0179. The molecule has 3 saturated heterocycles. The number of aryl methyl sites for hydroxylation is 1. The van der Waals surface area contributed by atoms with E-state index in [2.05, 4.69) is 69.1 Å². The van der Waals surface area contributed by atoms with Gasteiger partial charge in [0.25, 0.3) is 11.8 Å². The van der Waals surface area contributed by atoms with E-state index in [0.717, 1.165) is 114 Å². The summed E-state index contributed by atoms with van der Waals surface area (Å²) in [5, 5.41) is 34.3. The van der Waals surface area contributed by atoms with Crippen LogP contribution in [0.5, 0.6) is 0 Å². The summed E-state index contributed by atoms with van der Waals surface area (Å²) >= 11 is 0. The number of H-pyrrole nitrogens is 1. The lowest BCUT2D eigenvalue weighted by molar-refractivity contribution is -0.135. The summed E-state index contributed by atoms with van der Waals surface area (Å²) in [6, 6.07) is 18.6. The van der Waals surface area contributed by atoms with Gasteiger partial charge in [-0.05, 0) is 116 Å². The molecule has 0 saturated carbocycles. The zero-order chi connectivity index (χ0) is 56.0. The summed E-state index contributed by atoms with van der Waals surface area (Å²) in [7, 11) is 2.12. The molecular formula is C58H70F2N14O6. The summed E-state index contributed by atoms with van der Waals surface area (Å²) < 4.78 is 29.7. The Bertz CT molecular complexity index is 3160. The van der Waals surface area contributed by atoms with Crippen molar-refractivity contribution in [3.8, 4) is 0 Å². The Kier molecular flexibility index (Phi) is 19.2. The molecule has 5 amide bonds. The van der Waals surface area contributed by atoms with Crippen molar-refractivity contribution in [3.63, 3.8) is 0 Å². The predicted molar refractivity (Wildman–Crippen MR) is 302 cm³/mol. The maximum atomic E-state index is 14.2. The average molecular weight is 1100 g/mol. The topological polar surface area (TPSA) is 244 Å². The fourth-order valence-electron chi connectivity index (χ4n) is 10.8. The third-order valence-corrected chi connectivity index (χ3v) is 15.2. The summed E-state index contributed by atoms with van der Waals surface area (Å²) in [6.07, 6.45) is 14.0. The van der Waals surface area contributed by atoms with E-state index >= 15 is 0 Å². The molecule has 0 spiro atoms. The molecule has 22 heteroatoms. The van der Waals surface area contributed by atoms with Gasteiger partial charge in [-0.3, -0.25) is 39.1 Å². The molecule has 422 valence electrons. The molecule has 0 bridgehead atoms. The Morgan fingerprint density at radius 2 is 1.56 bits per heavy atom. The van der Waals surface area contributed by atoms with Crippen LogP contribution >= 0.6 is 0 Å². The number of unbranched alkanes of at least 4 members (excludes halogenated alkanes) is 8. The van der Waals surface area contributed by atoms with Crippen molar-refractivity contribution in [2.45, 2.75) is 121 Å². The molecular weight excluding hydrogens is 1030 g/mol. The van der Waals surface area contributed by atoms with Crippen LogP contribution in [-0.2, 0) is 33.9 Å². The monoisotopic (exact) mass is 1100 g/mol. The number of nitrogens with zero attached hydrogens (tertiary/aromatic N) is 8. The van der Waals surface area contributed by atoms with Gasteiger partial charge < -0.3 is 36.0 Å². The zero-order valence-corrected chi connectivity index (χ0v) is 45.2. The van der Waals surface area contributed by atoms with Gasteiger partial charge in [0.2, 0.25) is 17.7 Å². The number of anilines is 4. The summed E-state index contributed by atoms with van der Waals surface area (Å²) in [4.78, 5) is 83.0. The van der Waals surface area contributed by atoms with Crippen molar-refractivity contribution < 1.29 is 32.8 Å². The van der Waals surface area contributed by atoms with Gasteiger partial charge in [0.15, 0.2) is 5.82 Å². The Morgan fingerprint density at radius 1 is 0.800 bits per heavy atom. The first-order chi connectivity index (χ1) is 38.8. The highest BCUT2D eigenvalue weighted by Gasteiger charge is 2.30. The number of halogens is 2. The minimum atomic E-state index is -0.908. The number of fused-ring (bicyclic) bond motifs is 1. The van der Waals surface area contributed by atoms with Crippen molar-refractivity contribution in [2.75, 3.05) is 67.2 Å². The third-order valence-electron chi connectivity index (χ3n) is 15.2. The van der Waals surface area contributed by atoms with Gasteiger partial charge >= 0.3 is 0 Å². The van der Waals surface area contributed by atoms with E-state index in [1.165, 1.54) is 18.2 Å². The Labute approximate surface area is 463 Å². The Balaban J connectivity index is 0.684. The van der Waals surface area contributed by atoms with Gasteiger partial charge in [0.05, 0.1) is 29.4 Å². The van der Waals surface area contributed by atoms with Gasteiger partial charge in [0.1, 0.15) is 29.1 Å². The van der Waals surface area contributed by atoms with Crippen LogP contribution in [0.15, 0.2) is 84.2 Å². The highest BCUT2D eigenvalue weighted by atomic mass is 19.1. The Morgan fingerprint density at radius 3 is 2.33 bits per heavy atom.